The first-order valence-electron chi connectivity index (χ1n) is 8.75. The standard InChI is InChI=1S/C20H24N2O6S/c1-25-17-10-9-13(11-19(17)27-3)15-12-16(22(21-15)29(5,23)24)14-7-6-8-18(26-2)20(14)28-4/h6-12,16,21H,1-5H3. The average Bonchev–Trinajstić information content (AvgIpc) is 3.18. The van der Waals surface area contributed by atoms with E-state index < -0.39 is 16.1 Å². The highest BCUT2D eigenvalue weighted by Gasteiger charge is 2.35. The van der Waals surface area contributed by atoms with E-state index in [0.717, 1.165) is 11.8 Å². The summed E-state index contributed by atoms with van der Waals surface area (Å²) < 4.78 is 47.7. The van der Waals surface area contributed by atoms with Gasteiger partial charge < -0.3 is 24.4 Å². The van der Waals surface area contributed by atoms with Gasteiger partial charge in [0.05, 0.1) is 46.4 Å². The van der Waals surface area contributed by atoms with Crippen LogP contribution in [0.4, 0.5) is 0 Å². The van der Waals surface area contributed by atoms with Crippen LogP contribution in [0.2, 0.25) is 0 Å². The van der Waals surface area contributed by atoms with E-state index in [1.165, 1.54) is 18.6 Å². The summed E-state index contributed by atoms with van der Waals surface area (Å²) in [5.41, 5.74) is 5.01. The number of methoxy groups -OCH3 is 4. The topological polar surface area (TPSA) is 86.3 Å². The molecular weight excluding hydrogens is 396 g/mol. The van der Waals surface area contributed by atoms with Crippen LogP contribution in [0.25, 0.3) is 5.70 Å². The molecule has 8 nitrogen and oxygen atoms in total. The Bertz CT molecular complexity index is 1040. The van der Waals surface area contributed by atoms with Crippen LogP contribution in [0.3, 0.4) is 0 Å². The van der Waals surface area contributed by atoms with Crippen LogP contribution in [0, 0.1) is 0 Å². The van der Waals surface area contributed by atoms with Crippen LogP contribution in [0.5, 0.6) is 23.0 Å². The highest BCUT2D eigenvalue weighted by molar-refractivity contribution is 7.88. The van der Waals surface area contributed by atoms with E-state index in [2.05, 4.69) is 5.43 Å². The molecule has 0 aliphatic carbocycles. The second-order valence-corrected chi connectivity index (χ2v) is 8.21. The second-order valence-electron chi connectivity index (χ2n) is 6.35. The molecule has 1 aliphatic rings. The Hall–Kier alpha value is -2.91. The third kappa shape index (κ3) is 3.96. The van der Waals surface area contributed by atoms with Gasteiger partial charge in [0.25, 0.3) is 0 Å². The average molecular weight is 420 g/mol. The molecule has 1 N–H and O–H groups in total. The minimum atomic E-state index is -3.60. The maximum atomic E-state index is 12.5. The Morgan fingerprint density at radius 2 is 1.59 bits per heavy atom. The SMILES string of the molecule is COc1ccc(C2=CC(c3cccc(OC)c3OC)N(S(C)(=O)=O)N2)cc1OC. The number of sulfonamides is 1. The quantitative estimate of drug-likeness (QED) is 0.737. The van der Waals surface area contributed by atoms with Gasteiger partial charge in [-0.3, -0.25) is 0 Å². The third-order valence-electron chi connectivity index (χ3n) is 4.61. The van der Waals surface area contributed by atoms with Crippen LogP contribution < -0.4 is 24.4 Å². The molecule has 2 aromatic carbocycles. The van der Waals surface area contributed by atoms with E-state index in [4.69, 9.17) is 18.9 Å². The molecule has 0 fully saturated rings. The van der Waals surface area contributed by atoms with Crippen molar-refractivity contribution in [3.8, 4) is 23.0 Å². The Morgan fingerprint density at radius 1 is 0.897 bits per heavy atom. The maximum absolute atomic E-state index is 12.5. The number of hydrogen-bond acceptors (Lipinski definition) is 7. The molecule has 2 aromatic rings. The van der Waals surface area contributed by atoms with Gasteiger partial charge in [0.1, 0.15) is 0 Å². The summed E-state index contributed by atoms with van der Waals surface area (Å²) in [6.07, 6.45) is 2.96. The number of hydrogen-bond donors (Lipinski definition) is 1. The highest BCUT2D eigenvalue weighted by atomic mass is 32.2. The lowest BCUT2D eigenvalue weighted by molar-refractivity contribution is 0.323. The lowest BCUT2D eigenvalue weighted by Gasteiger charge is -2.24. The molecule has 3 rings (SSSR count). The first-order valence-corrected chi connectivity index (χ1v) is 10.6. The van der Waals surface area contributed by atoms with Gasteiger partial charge in [-0.1, -0.05) is 12.1 Å². The van der Waals surface area contributed by atoms with E-state index in [0.29, 0.717) is 34.3 Å². The van der Waals surface area contributed by atoms with Crippen molar-refractivity contribution in [3.63, 3.8) is 0 Å². The Kier molecular flexibility index (Phi) is 5.90. The van der Waals surface area contributed by atoms with Gasteiger partial charge in [0, 0.05) is 11.1 Å². The van der Waals surface area contributed by atoms with Gasteiger partial charge in [-0.25, -0.2) is 8.42 Å². The molecule has 29 heavy (non-hydrogen) atoms. The Morgan fingerprint density at radius 3 is 2.17 bits per heavy atom. The minimum Gasteiger partial charge on any atom is -0.493 e. The van der Waals surface area contributed by atoms with Crippen molar-refractivity contribution in [2.75, 3.05) is 34.7 Å². The summed E-state index contributed by atoms with van der Waals surface area (Å²) >= 11 is 0. The lowest BCUT2D eigenvalue weighted by atomic mass is 10.0. The summed E-state index contributed by atoms with van der Waals surface area (Å²) in [5, 5.41) is 0. The summed E-state index contributed by atoms with van der Waals surface area (Å²) in [5.74, 6) is 2.12. The smallest absolute Gasteiger partial charge is 0.228 e. The molecule has 1 aliphatic heterocycles. The van der Waals surface area contributed by atoms with Crippen LogP contribution in [0.15, 0.2) is 42.5 Å². The van der Waals surface area contributed by atoms with E-state index in [1.54, 1.807) is 44.6 Å². The molecule has 1 heterocycles. The Labute approximate surface area is 170 Å². The Balaban J connectivity index is 2.12. The number of benzene rings is 2. The molecule has 0 aromatic heterocycles. The minimum absolute atomic E-state index is 0.472. The zero-order chi connectivity index (χ0) is 21.2. The highest BCUT2D eigenvalue weighted by Crippen LogP contribution is 2.42. The van der Waals surface area contributed by atoms with Gasteiger partial charge in [-0.2, -0.15) is 0 Å². The molecule has 0 spiro atoms. The first-order chi connectivity index (χ1) is 13.8. The molecule has 156 valence electrons. The van der Waals surface area contributed by atoms with Gasteiger partial charge in [-0.15, -0.1) is 4.41 Å². The van der Waals surface area contributed by atoms with Gasteiger partial charge >= 0.3 is 0 Å². The fourth-order valence-electron chi connectivity index (χ4n) is 3.27. The predicted molar refractivity (Wildman–Crippen MR) is 110 cm³/mol. The van der Waals surface area contributed by atoms with E-state index in [9.17, 15) is 8.42 Å². The molecule has 0 radical (unpaired) electrons. The number of nitrogens with zero attached hydrogens (tertiary/aromatic N) is 1. The molecular formula is C20H24N2O6S. The molecule has 9 heteroatoms. The first kappa shape index (κ1) is 20.8. The zero-order valence-electron chi connectivity index (χ0n) is 16.9. The van der Waals surface area contributed by atoms with Crippen molar-refractivity contribution >= 4 is 15.7 Å². The van der Waals surface area contributed by atoms with Crippen molar-refractivity contribution in [1.29, 1.82) is 0 Å². The summed E-state index contributed by atoms with van der Waals surface area (Å²) in [6.45, 7) is 0. The molecule has 0 saturated carbocycles. The maximum Gasteiger partial charge on any atom is 0.228 e. The zero-order valence-corrected chi connectivity index (χ0v) is 17.7. The summed E-state index contributed by atoms with van der Waals surface area (Å²) in [7, 11) is 2.56. The number of hydrazine groups is 1. The molecule has 0 amide bonds. The normalized spacial score (nSPS) is 16.7. The fraction of sp³-hybridized carbons (Fsp3) is 0.300. The van der Waals surface area contributed by atoms with Crippen molar-refractivity contribution in [1.82, 2.24) is 9.84 Å². The predicted octanol–water partition coefficient (Wildman–Crippen LogP) is 2.58. The largest absolute Gasteiger partial charge is 0.493 e. The number of para-hydroxylation sites is 1. The third-order valence-corrected chi connectivity index (χ3v) is 5.64. The number of rotatable bonds is 7. The van der Waals surface area contributed by atoms with E-state index >= 15 is 0 Å². The lowest BCUT2D eigenvalue weighted by Crippen LogP contribution is -2.38. The van der Waals surface area contributed by atoms with Crippen LogP contribution in [0.1, 0.15) is 17.2 Å². The van der Waals surface area contributed by atoms with Gasteiger partial charge in [-0.05, 0) is 30.3 Å². The summed E-state index contributed by atoms with van der Waals surface area (Å²) in [4.78, 5) is 0. The van der Waals surface area contributed by atoms with E-state index in [1.807, 2.05) is 12.1 Å². The van der Waals surface area contributed by atoms with Crippen molar-refractivity contribution in [2.24, 2.45) is 0 Å². The van der Waals surface area contributed by atoms with Crippen LogP contribution in [-0.2, 0) is 10.0 Å². The van der Waals surface area contributed by atoms with E-state index in [-0.39, 0.29) is 0 Å². The van der Waals surface area contributed by atoms with Gasteiger partial charge in [0.15, 0.2) is 23.0 Å². The summed E-state index contributed by atoms with van der Waals surface area (Å²) in [6, 6.07) is 10.1. The second kappa shape index (κ2) is 8.22. The fourth-order valence-corrected chi connectivity index (χ4v) is 4.12. The van der Waals surface area contributed by atoms with Crippen LogP contribution in [-0.4, -0.2) is 47.5 Å². The monoisotopic (exact) mass is 420 g/mol. The number of ether oxygens (including phenoxy) is 4. The van der Waals surface area contributed by atoms with Crippen molar-refractivity contribution in [2.45, 2.75) is 6.04 Å². The van der Waals surface area contributed by atoms with Crippen molar-refractivity contribution < 1.29 is 27.4 Å². The number of nitrogens with one attached hydrogen (secondary N) is 1. The molecule has 1 atom stereocenters. The van der Waals surface area contributed by atoms with Crippen molar-refractivity contribution in [3.05, 3.63) is 53.6 Å². The molecule has 0 saturated heterocycles. The van der Waals surface area contributed by atoms with Gasteiger partial charge in [0.2, 0.25) is 10.0 Å². The molecule has 0 bridgehead atoms. The molecule has 1 unspecified atom stereocenters. The van der Waals surface area contributed by atoms with Crippen LogP contribution >= 0.6 is 0 Å².